The van der Waals surface area contributed by atoms with E-state index in [4.69, 9.17) is 17.3 Å². The number of piperidine rings is 1. The first-order valence-corrected chi connectivity index (χ1v) is 7.72. The zero-order valence-electron chi connectivity index (χ0n) is 12.0. The maximum Gasteiger partial charge on any atom is 0.222 e. The number of nitrogens with zero attached hydrogens (tertiary/aromatic N) is 1. The predicted octanol–water partition coefficient (Wildman–Crippen LogP) is 2.86. The molecule has 0 bridgehead atoms. The molecule has 3 nitrogen and oxygen atoms in total. The topological polar surface area (TPSA) is 46.3 Å². The summed E-state index contributed by atoms with van der Waals surface area (Å²) in [5.41, 5.74) is 7.00. The van der Waals surface area contributed by atoms with Crippen LogP contribution in [0.4, 0.5) is 0 Å². The molecule has 0 radical (unpaired) electrons. The molecule has 1 amide bonds. The van der Waals surface area contributed by atoms with Crippen molar-refractivity contribution in [2.24, 2.45) is 11.7 Å². The van der Waals surface area contributed by atoms with Crippen LogP contribution in [0, 0.1) is 5.92 Å². The number of halogens is 1. The fourth-order valence-electron chi connectivity index (χ4n) is 2.77. The van der Waals surface area contributed by atoms with Gasteiger partial charge in [0, 0.05) is 30.6 Å². The number of carbonyl (C=O) groups excluding carboxylic acids is 1. The molecule has 0 unspecified atom stereocenters. The van der Waals surface area contributed by atoms with Crippen molar-refractivity contribution in [1.29, 1.82) is 0 Å². The quantitative estimate of drug-likeness (QED) is 0.928. The van der Waals surface area contributed by atoms with Gasteiger partial charge in [0.2, 0.25) is 5.91 Å². The molecule has 1 heterocycles. The van der Waals surface area contributed by atoms with Crippen LogP contribution in [0.2, 0.25) is 5.02 Å². The number of rotatable bonds is 4. The van der Waals surface area contributed by atoms with Crippen molar-refractivity contribution < 1.29 is 4.79 Å². The van der Waals surface area contributed by atoms with Gasteiger partial charge < -0.3 is 10.6 Å². The highest BCUT2D eigenvalue weighted by Crippen LogP contribution is 2.21. The lowest BCUT2D eigenvalue weighted by atomic mass is 9.92. The number of amides is 1. The number of carbonyl (C=O) groups is 1. The maximum atomic E-state index is 12.3. The van der Waals surface area contributed by atoms with Gasteiger partial charge in [-0.1, -0.05) is 29.8 Å². The SMILES string of the molecule is C[C@H](N)[C@H]1CCCN(C(=O)CCc2ccccc2Cl)C1. The van der Waals surface area contributed by atoms with Crippen molar-refractivity contribution in [2.75, 3.05) is 13.1 Å². The molecule has 0 aliphatic carbocycles. The Kier molecular flexibility index (Phi) is 5.44. The van der Waals surface area contributed by atoms with E-state index < -0.39 is 0 Å². The monoisotopic (exact) mass is 294 g/mol. The van der Waals surface area contributed by atoms with Crippen molar-refractivity contribution in [3.63, 3.8) is 0 Å². The van der Waals surface area contributed by atoms with Crippen LogP contribution >= 0.6 is 11.6 Å². The van der Waals surface area contributed by atoms with E-state index in [2.05, 4.69) is 0 Å². The number of hydrogen-bond acceptors (Lipinski definition) is 2. The molecule has 4 heteroatoms. The molecule has 2 rings (SSSR count). The molecular formula is C16H23ClN2O. The third-order valence-electron chi connectivity index (χ3n) is 4.12. The van der Waals surface area contributed by atoms with Gasteiger partial charge in [-0.2, -0.15) is 0 Å². The Bertz CT molecular complexity index is 462. The smallest absolute Gasteiger partial charge is 0.222 e. The van der Waals surface area contributed by atoms with Gasteiger partial charge in [0.05, 0.1) is 0 Å². The van der Waals surface area contributed by atoms with Crippen molar-refractivity contribution in [3.05, 3.63) is 34.9 Å². The Morgan fingerprint density at radius 1 is 1.50 bits per heavy atom. The fourth-order valence-corrected chi connectivity index (χ4v) is 3.00. The van der Waals surface area contributed by atoms with Gasteiger partial charge in [0.1, 0.15) is 0 Å². The van der Waals surface area contributed by atoms with Crippen LogP contribution in [-0.2, 0) is 11.2 Å². The third kappa shape index (κ3) is 3.97. The van der Waals surface area contributed by atoms with E-state index >= 15 is 0 Å². The van der Waals surface area contributed by atoms with Crippen molar-refractivity contribution in [2.45, 2.75) is 38.6 Å². The summed E-state index contributed by atoms with van der Waals surface area (Å²) in [6.07, 6.45) is 3.42. The molecule has 1 aliphatic rings. The maximum absolute atomic E-state index is 12.3. The molecule has 2 N–H and O–H groups in total. The molecule has 0 spiro atoms. The standard InChI is InChI=1S/C16H23ClN2O/c1-12(18)14-6-4-10-19(11-14)16(20)9-8-13-5-2-3-7-15(13)17/h2-3,5,7,12,14H,4,6,8-11,18H2,1H3/t12-,14-/m0/s1. The summed E-state index contributed by atoms with van der Waals surface area (Å²) in [5.74, 6) is 0.656. The number of benzene rings is 1. The lowest BCUT2D eigenvalue weighted by Gasteiger charge is -2.34. The molecule has 2 atom stereocenters. The molecule has 0 aromatic heterocycles. The first-order valence-electron chi connectivity index (χ1n) is 7.34. The van der Waals surface area contributed by atoms with E-state index in [-0.39, 0.29) is 11.9 Å². The fraction of sp³-hybridized carbons (Fsp3) is 0.562. The van der Waals surface area contributed by atoms with Gasteiger partial charge in [-0.25, -0.2) is 0 Å². The Labute approximate surface area is 126 Å². The van der Waals surface area contributed by atoms with E-state index in [1.165, 1.54) is 0 Å². The summed E-state index contributed by atoms with van der Waals surface area (Å²) in [4.78, 5) is 14.3. The van der Waals surface area contributed by atoms with Crippen molar-refractivity contribution >= 4 is 17.5 Å². The van der Waals surface area contributed by atoms with Gasteiger partial charge >= 0.3 is 0 Å². The van der Waals surface area contributed by atoms with Crippen LogP contribution in [0.1, 0.15) is 31.7 Å². The molecule has 1 aromatic carbocycles. The summed E-state index contributed by atoms with van der Waals surface area (Å²) in [7, 11) is 0. The average Bonchev–Trinajstić information content (AvgIpc) is 2.46. The van der Waals surface area contributed by atoms with Gasteiger partial charge in [-0.05, 0) is 43.7 Å². The summed E-state index contributed by atoms with van der Waals surface area (Å²) < 4.78 is 0. The molecule has 1 fully saturated rings. The zero-order chi connectivity index (χ0) is 14.5. The lowest BCUT2D eigenvalue weighted by molar-refractivity contribution is -0.133. The Morgan fingerprint density at radius 2 is 2.25 bits per heavy atom. The summed E-state index contributed by atoms with van der Waals surface area (Å²) in [5, 5.41) is 0.743. The minimum atomic E-state index is 0.161. The van der Waals surface area contributed by atoms with Crippen LogP contribution in [0.3, 0.4) is 0 Å². The van der Waals surface area contributed by atoms with Crippen LogP contribution in [0.15, 0.2) is 24.3 Å². The van der Waals surface area contributed by atoms with Crippen LogP contribution < -0.4 is 5.73 Å². The number of likely N-dealkylation sites (tertiary alicyclic amines) is 1. The highest BCUT2D eigenvalue weighted by atomic mass is 35.5. The van der Waals surface area contributed by atoms with Crippen molar-refractivity contribution in [1.82, 2.24) is 4.90 Å². The van der Waals surface area contributed by atoms with E-state index in [1.54, 1.807) is 0 Å². The molecular weight excluding hydrogens is 272 g/mol. The normalized spacial score (nSPS) is 20.8. The average molecular weight is 295 g/mol. The second kappa shape index (κ2) is 7.09. The summed E-state index contributed by atoms with van der Waals surface area (Å²) in [6.45, 7) is 3.70. The molecule has 20 heavy (non-hydrogen) atoms. The second-order valence-corrected chi connectivity index (χ2v) is 6.10. The number of hydrogen-bond donors (Lipinski definition) is 1. The Morgan fingerprint density at radius 3 is 2.95 bits per heavy atom. The van der Waals surface area contributed by atoms with Crippen LogP contribution in [0.25, 0.3) is 0 Å². The van der Waals surface area contributed by atoms with E-state index in [0.717, 1.165) is 36.5 Å². The van der Waals surface area contributed by atoms with E-state index in [9.17, 15) is 4.79 Å². The van der Waals surface area contributed by atoms with Crippen LogP contribution in [0.5, 0.6) is 0 Å². The molecule has 1 saturated heterocycles. The first kappa shape index (κ1) is 15.3. The second-order valence-electron chi connectivity index (χ2n) is 5.69. The number of nitrogens with two attached hydrogens (primary N) is 1. The highest BCUT2D eigenvalue weighted by molar-refractivity contribution is 6.31. The van der Waals surface area contributed by atoms with Gasteiger partial charge in [0.25, 0.3) is 0 Å². The molecule has 1 aromatic rings. The third-order valence-corrected chi connectivity index (χ3v) is 4.49. The number of aryl methyl sites for hydroxylation is 1. The Hall–Kier alpha value is -1.06. The van der Waals surface area contributed by atoms with Crippen LogP contribution in [-0.4, -0.2) is 29.9 Å². The van der Waals surface area contributed by atoms with Gasteiger partial charge in [-0.3, -0.25) is 4.79 Å². The van der Waals surface area contributed by atoms with E-state index in [1.807, 2.05) is 36.1 Å². The predicted molar refractivity (Wildman–Crippen MR) is 82.7 cm³/mol. The molecule has 0 saturated carbocycles. The molecule has 1 aliphatic heterocycles. The van der Waals surface area contributed by atoms with Crippen molar-refractivity contribution in [3.8, 4) is 0 Å². The minimum Gasteiger partial charge on any atom is -0.342 e. The molecule has 110 valence electrons. The van der Waals surface area contributed by atoms with Gasteiger partial charge in [0.15, 0.2) is 0 Å². The highest BCUT2D eigenvalue weighted by Gasteiger charge is 2.25. The summed E-state index contributed by atoms with van der Waals surface area (Å²) >= 11 is 6.12. The minimum absolute atomic E-state index is 0.161. The van der Waals surface area contributed by atoms with Gasteiger partial charge in [-0.15, -0.1) is 0 Å². The lowest BCUT2D eigenvalue weighted by Crippen LogP contribution is -2.45. The zero-order valence-corrected chi connectivity index (χ0v) is 12.8. The largest absolute Gasteiger partial charge is 0.342 e. The van der Waals surface area contributed by atoms with E-state index in [0.29, 0.717) is 18.8 Å². The Balaban J connectivity index is 1.87. The first-order chi connectivity index (χ1) is 9.58. The summed E-state index contributed by atoms with van der Waals surface area (Å²) in [6, 6.07) is 7.88.